The minimum Gasteiger partial charge on any atom is -0.305 e. The van der Waals surface area contributed by atoms with Gasteiger partial charge in [-0.3, -0.25) is 4.79 Å². The van der Waals surface area contributed by atoms with Gasteiger partial charge in [-0.25, -0.2) is 14.1 Å². The molecule has 0 unspecified atom stereocenters. The zero-order chi connectivity index (χ0) is 25.6. The smallest absolute Gasteiger partial charge is 0.305 e. The zero-order valence-electron chi connectivity index (χ0n) is 18.9. The van der Waals surface area contributed by atoms with E-state index in [1.807, 2.05) is 13.1 Å². The van der Waals surface area contributed by atoms with Gasteiger partial charge in [-0.05, 0) is 44.0 Å². The molecule has 0 spiro atoms. The molecule has 0 N–H and O–H groups in total. The molecule has 2 aromatic carbocycles. The normalized spacial score (nSPS) is 16.2. The summed E-state index contributed by atoms with van der Waals surface area (Å²) in [6, 6.07) is 7.90. The molecule has 0 aliphatic carbocycles. The first-order valence-corrected chi connectivity index (χ1v) is 11.4. The van der Waals surface area contributed by atoms with Crippen LogP contribution in [0.15, 0.2) is 55.1 Å². The SMILES string of the molecule is Cc1cn(-c2ccc(-c3cn([C@H]4CCc5c(F)cccc5N(CC(F)(F)F)C4=O)nn3)cc2Cl)cn1. The Morgan fingerprint density at radius 2 is 1.94 bits per heavy atom. The van der Waals surface area contributed by atoms with E-state index in [-0.39, 0.29) is 24.1 Å². The lowest BCUT2D eigenvalue weighted by atomic mass is 10.1. The molecule has 0 saturated heterocycles. The molecule has 0 saturated carbocycles. The van der Waals surface area contributed by atoms with E-state index in [4.69, 9.17) is 11.6 Å². The summed E-state index contributed by atoms with van der Waals surface area (Å²) in [7, 11) is 0. The standard InChI is InChI=1S/C24H19ClF4N6O/c1-14-10-33(13-30-14)21-7-5-15(9-17(21)25)19-11-35(32-31-19)22-8-6-16-18(26)3-2-4-20(16)34(23(22)36)12-24(27,28)29/h2-5,7,9-11,13,22H,6,8,12H2,1H3/t22-/m0/s1. The number of fused-ring (bicyclic) bond motifs is 1. The number of carbonyl (C=O) groups is 1. The van der Waals surface area contributed by atoms with Gasteiger partial charge in [-0.15, -0.1) is 5.10 Å². The highest BCUT2D eigenvalue weighted by Crippen LogP contribution is 2.35. The highest BCUT2D eigenvalue weighted by molar-refractivity contribution is 6.32. The average Bonchev–Trinajstić information content (AvgIpc) is 3.44. The predicted molar refractivity (Wildman–Crippen MR) is 124 cm³/mol. The second kappa shape index (κ2) is 9.05. The van der Waals surface area contributed by atoms with Gasteiger partial charge >= 0.3 is 6.18 Å². The van der Waals surface area contributed by atoms with E-state index in [1.54, 1.807) is 29.1 Å². The molecule has 1 aliphatic rings. The van der Waals surface area contributed by atoms with E-state index in [1.165, 1.54) is 29.1 Å². The largest absolute Gasteiger partial charge is 0.406 e. The van der Waals surface area contributed by atoms with Crippen molar-refractivity contribution in [3.05, 3.63) is 77.2 Å². The number of halogens is 5. The molecule has 36 heavy (non-hydrogen) atoms. The maximum Gasteiger partial charge on any atom is 0.406 e. The summed E-state index contributed by atoms with van der Waals surface area (Å²) >= 11 is 6.46. The highest BCUT2D eigenvalue weighted by Gasteiger charge is 2.40. The summed E-state index contributed by atoms with van der Waals surface area (Å²) in [4.78, 5) is 18.0. The van der Waals surface area contributed by atoms with Crippen LogP contribution in [-0.4, -0.2) is 43.2 Å². The lowest BCUT2D eigenvalue weighted by Crippen LogP contribution is -2.42. The Labute approximate surface area is 207 Å². The summed E-state index contributed by atoms with van der Waals surface area (Å²) in [6.45, 7) is 0.319. The number of amides is 1. The number of hydrogen-bond acceptors (Lipinski definition) is 4. The first kappa shape index (κ1) is 24.0. The fourth-order valence-corrected chi connectivity index (χ4v) is 4.61. The predicted octanol–water partition coefficient (Wildman–Crippen LogP) is 5.31. The van der Waals surface area contributed by atoms with Crippen LogP contribution in [0.25, 0.3) is 16.9 Å². The third-order valence-electron chi connectivity index (χ3n) is 6.00. The third-order valence-corrected chi connectivity index (χ3v) is 6.31. The summed E-state index contributed by atoms with van der Waals surface area (Å²) in [5.74, 6) is -1.49. The number of imidazole rings is 1. The van der Waals surface area contributed by atoms with Crippen molar-refractivity contribution < 1.29 is 22.4 Å². The van der Waals surface area contributed by atoms with E-state index >= 15 is 0 Å². The summed E-state index contributed by atoms with van der Waals surface area (Å²) in [5.41, 5.74) is 2.50. The lowest BCUT2D eigenvalue weighted by molar-refractivity contribution is -0.134. The van der Waals surface area contributed by atoms with E-state index in [0.29, 0.717) is 26.9 Å². The molecular formula is C24H19ClF4N6O. The molecular weight excluding hydrogens is 500 g/mol. The maximum absolute atomic E-state index is 14.5. The van der Waals surface area contributed by atoms with Crippen molar-refractivity contribution in [3.8, 4) is 16.9 Å². The Bertz CT molecular complexity index is 1450. The van der Waals surface area contributed by atoms with Crippen LogP contribution < -0.4 is 4.90 Å². The number of aryl methyl sites for hydroxylation is 1. The Hall–Kier alpha value is -3.73. The van der Waals surface area contributed by atoms with Crippen LogP contribution in [0.1, 0.15) is 23.7 Å². The molecule has 1 amide bonds. The van der Waals surface area contributed by atoms with Crippen molar-refractivity contribution in [1.29, 1.82) is 0 Å². The van der Waals surface area contributed by atoms with Gasteiger partial charge in [0.25, 0.3) is 5.91 Å². The van der Waals surface area contributed by atoms with Crippen LogP contribution in [0.5, 0.6) is 0 Å². The van der Waals surface area contributed by atoms with Crippen LogP contribution >= 0.6 is 11.6 Å². The Balaban J connectivity index is 1.46. The molecule has 0 radical (unpaired) electrons. The number of carbonyl (C=O) groups excluding carboxylic acids is 1. The van der Waals surface area contributed by atoms with Gasteiger partial charge in [0.05, 0.1) is 34.6 Å². The number of anilines is 1. The minimum atomic E-state index is -4.67. The summed E-state index contributed by atoms with van der Waals surface area (Å²) < 4.78 is 57.5. The van der Waals surface area contributed by atoms with Crippen LogP contribution in [0, 0.1) is 12.7 Å². The molecule has 12 heteroatoms. The number of rotatable bonds is 4. The molecule has 1 aliphatic heterocycles. The molecule has 2 aromatic heterocycles. The quantitative estimate of drug-likeness (QED) is 0.343. The third kappa shape index (κ3) is 4.58. The minimum absolute atomic E-state index is 0.0591. The van der Waals surface area contributed by atoms with E-state index in [2.05, 4.69) is 15.3 Å². The van der Waals surface area contributed by atoms with Gasteiger partial charge in [0.2, 0.25) is 0 Å². The molecule has 7 nitrogen and oxygen atoms in total. The van der Waals surface area contributed by atoms with Crippen molar-refractivity contribution in [2.24, 2.45) is 0 Å². The van der Waals surface area contributed by atoms with Crippen molar-refractivity contribution in [3.63, 3.8) is 0 Å². The van der Waals surface area contributed by atoms with Gasteiger partial charge < -0.3 is 9.47 Å². The van der Waals surface area contributed by atoms with Gasteiger partial charge in [0.15, 0.2) is 0 Å². The topological polar surface area (TPSA) is 68.8 Å². The number of nitrogens with zero attached hydrogens (tertiary/aromatic N) is 6. The average molecular weight is 519 g/mol. The monoisotopic (exact) mass is 518 g/mol. The summed E-state index contributed by atoms with van der Waals surface area (Å²) in [5, 5.41) is 8.56. The summed E-state index contributed by atoms with van der Waals surface area (Å²) in [6.07, 6.45) is 0.387. The highest BCUT2D eigenvalue weighted by atomic mass is 35.5. The maximum atomic E-state index is 14.5. The van der Waals surface area contributed by atoms with Gasteiger partial charge in [-0.1, -0.05) is 28.9 Å². The van der Waals surface area contributed by atoms with Crippen LogP contribution in [0.4, 0.5) is 23.2 Å². The van der Waals surface area contributed by atoms with Crippen LogP contribution in [0.3, 0.4) is 0 Å². The number of aromatic nitrogens is 5. The van der Waals surface area contributed by atoms with Crippen LogP contribution in [0.2, 0.25) is 5.02 Å². The number of benzene rings is 2. The fraction of sp³-hybridized carbons (Fsp3) is 0.250. The van der Waals surface area contributed by atoms with Gasteiger partial charge in [0.1, 0.15) is 24.1 Å². The van der Waals surface area contributed by atoms with E-state index in [0.717, 1.165) is 5.69 Å². The first-order valence-electron chi connectivity index (χ1n) is 11.0. The molecule has 4 aromatic rings. The van der Waals surface area contributed by atoms with Crippen molar-refractivity contribution in [1.82, 2.24) is 24.5 Å². The lowest BCUT2D eigenvalue weighted by Gasteiger charge is -2.26. The number of alkyl halides is 3. The Morgan fingerprint density at radius 3 is 2.64 bits per heavy atom. The molecule has 0 bridgehead atoms. The van der Waals surface area contributed by atoms with Crippen molar-refractivity contribution in [2.45, 2.75) is 32.0 Å². The Morgan fingerprint density at radius 1 is 1.14 bits per heavy atom. The molecule has 5 rings (SSSR count). The van der Waals surface area contributed by atoms with Crippen LogP contribution in [-0.2, 0) is 11.2 Å². The fourth-order valence-electron chi connectivity index (χ4n) is 4.33. The zero-order valence-corrected chi connectivity index (χ0v) is 19.6. The molecule has 3 heterocycles. The Kier molecular flexibility index (Phi) is 6.03. The van der Waals surface area contributed by atoms with Crippen molar-refractivity contribution in [2.75, 3.05) is 11.4 Å². The van der Waals surface area contributed by atoms with E-state index in [9.17, 15) is 22.4 Å². The number of hydrogen-bond donors (Lipinski definition) is 0. The molecule has 0 fully saturated rings. The van der Waals surface area contributed by atoms with E-state index < -0.39 is 30.5 Å². The second-order valence-corrected chi connectivity index (χ2v) is 8.91. The first-order chi connectivity index (χ1) is 17.1. The molecule has 1 atom stereocenters. The van der Waals surface area contributed by atoms with Gasteiger partial charge in [0, 0.05) is 17.3 Å². The molecule has 186 valence electrons. The van der Waals surface area contributed by atoms with Gasteiger partial charge in [-0.2, -0.15) is 13.2 Å². The second-order valence-electron chi connectivity index (χ2n) is 8.50. The van der Waals surface area contributed by atoms with Crippen molar-refractivity contribution >= 4 is 23.2 Å².